The molecule has 0 aliphatic rings. The number of urea groups is 1. The number of hydrogen-bond donors (Lipinski definition) is 2. The zero-order valence-corrected chi connectivity index (χ0v) is 16.2. The van der Waals surface area contributed by atoms with Crippen LogP contribution in [0.3, 0.4) is 0 Å². The number of furan rings is 1. The van der Waals surface area contributed by atoms with Gasteiger partial charge in [-0.3, -0.25) is 0 Å². The van der Waals surface area contributed by atoms with E-state index in [0.717, 1.165) is 34.8 Å². The minimum Gasteiger partial charge on any atom is -0.497 e. The predicted molar refractivity (Wildman–Crippen MR) is 109 cm³/mol. The van der Waals surface area contributed by atoms with Gasteiger partial charge in [0.2, 0.25) is 0 Å². The van der Waals surface area contributed by atoms with E-state index >= 15 is 0 Å². The molecule has 29 heavy (non-hydrogen) atoms. The third kappa shape index (κ3) is 4.43. The third-order valence-electron chi connectivity index (χ3n) is 4.67. The fourth-order valence-electron chi connectivity index (χ4n) is 3.13. The Balaban J connectivity index is 1.23. The Morgan fingerprint density at radius 2 is 1.97 bits per heavy atom. The van der Waals surface area contributed by atoms with Crippen molar-refractivity contribution in [1.29, 1.82) is 0 Å². The Bertz CT molecular complexity index is 1060. The molecule has 8 heteroatoms. The van der Waals surface area contributed by atoms with E-state index in [1.807, 2.05) is 59.4 Å². The van der Waals surface area contributed by atoms with Crippen LogP contribution < -0.4 is 15.4 Å². The molecule has 0 aliphatic heterocycles. The van der Waals surface area contributed by atoms with Gasteiger partial charge in [-0.25, -0.2) is 9.31 Å². The molecule has 0 fully saturated rings. The van der Waals surface area contributed by atoms with Crippen LogP contribution in [0.4, 0.5) is 4.79 Å². The van der Waals surface area contributed by atoms with E-state index in [9.17, 15) is 4.79 Å². The summed E-state index contributed by atoms with van der Waals surface area (Å²) in [6.07, 6.45) is 6.22. The molecule has 1 aromatic carbocycles. The molecule has 4 aromatic rings. The van der Waals surface area contributed by atoms with E-state index in [4.69, 9.17) is 9.15 Å². The average Bonchev–Trinajstić information content (AvgIpc) is 3.46. The Morgan fingerprint density at radius 1 is 1.14 bits per heavy atom. The first-order chi connectivity index (χ1) is 14.2. The second-order valence-corrected chi connectivity index (χ2v) is 6.58. The van der Waals surface area contributed by atoms with Gasteiger partial charge in [0.1, 0.15) is 17.1 Å². The molecular weight excluding hydrogens is 370 g/mol. The maximum atomic E-state index is 12.0. The van der Waals surface area contributed by atoms with Gasteiger partial charge in [0.25, 0.3) is 0 Å². The highest BCUT2D eigenvalue weighted by Crippen LogP contribution is 2.20. The molecule has 0 aliphatic carbocycles. The van der Waals surface area contributed by atoms with Crippen LogP contribution in [-0.2, 0) is 13.0 Å². The lowest BCUT2D eigenvalue weighted by molar-refractivity contribution is 0.240. The summed E-state index contributed by atoms with van der Waals surface area (Å²) >= 11 is 0. The number of fused-ring (bicyclic) bond motifs is 1. The summed E-state index contributed by atoms with van der Waals surface area (Å²) in [6, 6.07) is 13.3. The largest absolute Gasteiger partial charge is 0.497 e. The maximum Gasteiger partial charge on any atom is 0.314 e. The summed E-state index contributed by atoms with van der Waals surface area (Å²) in [6.45, 7) is 1.73. The molecule has 3 aromatic heterocycles. The number of nitrogens with one attached hydrogen (secondary N) is 2. The molecule has 0 radical (unpaired) electrons. The Kier molecular flexibility index (Phi) is 5.51. The van der Waals surface area contributed by atoms with Crippen molar-refractivity contribution < 1.29 is 13.9 Å². The molecule has 0 spiro atoms. The second-order valence-electron chi connectivity index (χ2n) is 6.58. The highest BCUT2D eigenvalue weighted by atomic mass is 16.5. The highest BCUT2D eigenvalue weighted by Gasteiger charge is 2.10. The van der Waals surface area contributed by atoms with E-state index in [-0.39, 0.29) is 6.03 Å². The number of nitrogens with zero attached hydrogens (tertiary/aromatic N) is 3. The van der Waals surface area contributed by atoms with Crippen molar-refractivity contribution >= 4 is 11.7 Å². The maximum absolute atomic E-state index is 12.0. The van der Waals surface area contributed by atoms with Crippen molar-refractivity contribution in [1.82, 2.24) is 24.8 Å². The van der Waals surface area contributed by atoms with Crippen LogP contribution in [0.2, 0.25) is 0 Å². The molecule has 0 saturated carbocycles. The number of benzene rings is 1. The first-order valence-electron chi connectivity index (χ1n) is 9.46. The van der Waals surface area contributed by atoms with Crippen molar-refractivity contribution in [2.75, 3.05) is 20.2 Å². The van der Waals surface area contributed by atoms with E-state index in [1.165, 1.54) is 0 Å². The molecule has 150 valence electrons. The number of aromatic nitrogens is 3. The molecule has 8 nitrogen and oxygen atoms in total. The van der Waals surface area contributed by atoms with Gasteiger partial charge in [-0.05, 0) is 36.2 Å². The van der Waals surface area contributed by atoms with Gasteiger partial charge >= 0.3 is 6.03 Å². The minimum atomic E-state index is -0.175. The van der Waals surface area contributed by atoms with Crippen molar-refractivity contribution in [2.45, 2.75) is 13.0 Å². The number of ether oxygens (including phenoxy) is 1. The first-order valence-corrected chi connectivity index (χ1v) is 9.46. The Hall–Kier alpha value is -3.68. The molecule has 3 heterocycles. The van der Waals surface area contributed by atoms with Crippen LogP contribution in [0.25, 0.3) is 17.1 Å². The summed E-state index contributed by atoms with van der Waals surface area (Å²) in [5.74, 6) is 1.56. The van der Waals surface area contributed by atoms with Gasteiger partial charge in [-0.1, -0.05) is 12.1 Å². The van der Waals surface area contributed by atoms with E-state index in [1.54, 1.807) is 17.9 Å². The van der Waals surface area contributed by atoms with Gasteiger partial charge in [-0.2, -0.15) is 5.10 Å². The number of hydrogen-bond acceptors (Lipinski definition) is 4. The van der Waals surface area contributed by atoms with Gasteiger partial charge < -0.3 is 24.4 Å². The summed E-state index contributed by atoms with van der Waals surface area (Å²) in [5, 5.41) is 10.3. The topological polar surface area (TPSA) is 85.7 Å². The minimum absolute atomic E-state index is 0.175. The second kappa shape index (κ2) is 8.55. The Labute approximate surface area is 168 Å². The number of imidazole rings is 1. The molecule has 4 rings (SSSR count). The summed E-state index contributed by atoms with van der Waals surface area (Å²) in [5.41, 5.74) is 2.87. The van der Waals surface area contributed by atoms with Crippen LogP contribution in [-0.4, -0.2) is 40.4 Å². The van der Waals surface area contributed by atoms with Crippen molar-refractivity contribution in [3.05, 3.63) is 66.7 Å². The standard InChI is InChI=1S/C21H23N5O3/c1-28-17-6-4-16(5-7-17)8-9-22-21(27)23-10-11-25-12-13-26-20(25)15-18(24-26)19-3-2-14-29-19/h2-7,12-15H,8-11H2,1H3,(H2,22,23,27). The lowest BCUT2D eigenvalue weighted by Gasteiger charge is -2.09. The summed E-state index contributed by atoms with van der Waals surface area (Å²) < 4.78 is 14.4. The molecular formula is C21H23N5O3. The summed E-state index contributed by atoms with van der Waals surface area (Å²) in [4.78, 5) is 12.0. The molecule has 0 saturated heterocycles. The lowest BCUT2D eigenvalue weighted by atomic mass is 10.1. The number of methoxy groups -OCH3 is 1. The van der Waals surface area contributed by atoms with Crippen LogP contribution in [0.15, 0.2) is 65.5 Å². The van der Waals surface area contributed by atoms with Crippen molar-refractivity contribution in [3.63, 3.8) is 0 Å². The van der Waals surface area contributed by atoms with E-state index in [2.05, 4.69) is 15.7 Å². The molecule has 0 bridgehead atoms. The average molecular weight is 393 g/mol. The SMILES string of the molecule is COc1ccc(CCNC(=O)NCCn2ccn3nc(-c4ccco4)cc23)cc1. The number of carbonyl (C=O) groups is 1. The van der Waals surface area contributed by atoms with Crippen molar-refractivity contribution in [2.24, 2.45) is 0 Å². The quantitative estimate of drug-likeness (QED) is 0.482. The fraction of sp³-hybridized carbons (Fsp3) is 0.238. The van der Waals surface area contributed by atoms with Crippen molar-refractivity contribution in [3.8, 4) is 17.2 Å². The number of carbonyl (C=O) groups excluding carboxylic acids is 1. The first kappa shape index (κ1) is 18.7. The van der Waals surface area contributed by atoms with E-state index < -0.39 is 0 Å². The Morgan fingerprint density at radius 3 is 2.72 bits per heavy atom. The third-order valence-corrected chi connectivity index (χ3v) is 4.67. The molecule has 2 N–H and O–H groups in total. The monoisotopic (exact) mass is 393 g/mol. The van der Waals surface area contributed by atoms with E-state index in [0.29, 0.717) is 19.6 Å². The van der Waals surface area contributed by atoms with Crippen LogP contribution >= 0.6 is 0 Å². The smallest absolute Gasteiger partial charge is 0.314 e. The predicted octanol–water partition coefficient (Wildman–Crippen LogP) is 2.95. The van der Waals surface area contributed by atoms with Gasteiger partial charge in [-0.15, -0.1) is 0 Å². The summed E-state index contributed by atoms with van der Waals surface area (Å²) in [7, 11) is 1.64. The van der Waals surface area contributed by atoms with Gasteiger partial charge in [0.15, 0.2) is 5.76 Å². The van der Waals surface area contributed by atoms with Crippen LogP contribution in [0.5, 0.6) is 5.75 Å². The normalized spacial score (nSPS) is 10.9. The van der Waals surface area contributed by atoms with Crippen LogP contribution in [0, 0.1) is 0 Å². The van der Waals surface area contributed by atoms with Crippen LogP contribution in [0.1, 0.15) is 5.56 Å². The lowest BCUT2D eigenvalue weighted by Crippen LogP contribution is -2.38. The molecule has 0 unspecified atom stereocenters. The highest BCUT2D eigenvalue weighted by molar-refractivity contribution is 5.73. The zero-order valence-electron chi connectivity index (χ0n) is 16.2. The zero-order chi connectivity index (χ0) is 20.1. The number of rotatable bonds is 8. The van der Waals surface area contributed by atoms with Gasteiger partial charge in [0.05, 0.1) is 13.4 Å². The van der Waals surface area contributed by atoms with Gasteiger partial charge in [0, 0.05) is 38.1 Å². The fourth-order valence-corrected chi connectivity index (χ4v) is 3.13. The molecule has 2 amide bonds. The number of amides is 2. The molecule has 0 atom stereocenters.